The molecule has 3 aromatic carbocycles. The molecule has 0 N–H and O–H groups in total. The monoisotopic (exact) mass is 897 g/mol. The first-order valence-corrected chi connectivity index (χ1v) is 18.7. The van der Waals surface area contributed by atoms with Gasteiger partial charge in [-0.2, -0.15) is 6.07 Å². The van der Waals surface area contributed by atoms with Crippen LogP contribution in [0.4, 0.5) is 0 Å². The van der Waals surface area contributed by atoms with E-state index in [0.717, 1.165) is 55.7 Å². The summed E-state index contributed by atoms with van der Waals surface area (Å²) < 4.78 is 34.5. The summed E-state index contributed by atoms with van der Waals surface area (Å²) in [5, 5.41) is 2.30. The number of aromatic nitrogens is 3. The fourth-order valence-corrected chi connectivity index (χ4v) is 8.48. The maximum Gasteiger partial charge on any atom is 2.00 e. The minimum Gasteiger partial charge on any atom is -0.524 e. The van der Waals surface area contributed by atoms with Crippen molar-refractivity contribution in [2.45, 2.75) is 117 Å². The first-order chi connectivity index (χ1) is 25.7. The Balaban J connectivity index is 0.00000441. The molecule has 0 fully saturated rings. The Morgan fingerprint density at radius 1 is 0.926 bits per heavy atom. The molecule has 0 amide bonds. The van der Waals surface area contributed by atoms with Crippen molar-refractivity contribution in [3.8, 4) is 17.2 Å². The van der Waals surface area contributed by atoms with Crippen molar-refractivity contribution in [2.24, 2.45) is 4.99 Å². The summed E-state index contributed by atoms with van der Waals surface area (Å²) in [4.78, 5) is 15.0. The first kappa shape index (κ1) is 34.2. The molecule has 7 heteroatoms. The predicted molar refractivity (Wildman–Crippen MR) is 213 cm³/mol. The van der Waals surface area contributed by atoms with Gasteiger partial charge in [0.2, 0.25) is 0 Å². The van der Waals surface area contributed by atoms with Crippen molar-refractivity contribution in [3.63, 3.8) is 0 Å². The zero-order chi connectivity index (χ0) is 39.4. The Morgan fingerprint density at radius 2 is 1.69 bits per heavy atom. The third-order valence-electron chi connectivity index (χ3n) is 12.2. The molecule has 3 aromatic heterocycles. The molecule has 2 aliphatic heterocycles. The maximum absolute atomic E-state index is 9.40. The molecular weight excluding hydrogens is 848 g/mol. The summed E-state index contributed by atoms with van der Waals surface area (Å²) in [6, 6.07) is 24.2. The van der Waals surface area contributed by atoms with Crippen LogP contribution < -0.4 is 4.74 Å². The zero-order valence-corrected chi connectivity index (χ0v) is 35.5. The third kappa shape index (κ3) is 5.04. The Bertz CT molecular complexity index is 2710. The van der Waals surface area contributed by atoms with E-state index in [1.54, 1.807) is 0 Å². The van der Waals surface area contributed by atoms with Crippen LogP contribution in [0.1, 0.15) is 127 Å². The second-order valence-electron chi connectivity index (χ2n) is 17.5. The molecule has 0 radical (unpaired) electrons. The summed E-state index contributed by atoms with van der Waals surface area (Å²) in [6.45, 7) is 25.4. The molecule has 0 bridgehead atoms. The molecule has 2 atom stereocenters. The Hall–Kier alpha value is -4.28. The van der Waals surface area contributed by atoms with Gasteiger partial charge in [-0.15, -0.1) is 23.3 Å². The van der Waals surface area contributed by atoms with Gasteiger partial charge in [-0.1, -0.05) is 85.3 Å². The number of rotatable bonds is 4. The van der Waals surface area contributed by atoms with Gasteiger partial charge >= 0.3 is 21.1 Å². The van der Waals surface area contributed by atoms with Gasteiger partial charge in [0.1, 0.15) is 22.7 Å². The van der Waals surface area contributed by atoms with Gasteiger partial charge in [0.15, 0.2) is 0 Å². The average molecular weight is 898 g/mol. The topological polar surface area (TPSA) is 61.5 Å². The molecule has 54 heavy (non-hydrogen) atoms. The third-order valence-corrected chi connectivity index (χ3v) is 12.2. The molecule has 9 rings (SSSR count). The molecule has 1 aliphatic carbocycles. The van der Waals surface area contributed by atoms with Gasteiger partial charge < -0.3 is 14.0 Å². The maximum atomic E-state index is 9.40. The van der Waals surface area contributed by atoms with Crippen molar-refractivity contribution in [3.05, 3.63) is 123 Å². The Labute approximate surface area is 336 Å². The largest absolute Gasteiger partial charge is 2.00 e. The normalized spacial score (nSPS) is 22.2. The van der Waals surface area contributed by atoms with Crippen LogP contribution in [0.15, 0.2) is 59.7 Å². The van der Waals surface area contributed by atoms with Gasteiger partial charge in [-0.25, -0.2) is 4.98 Å². The van der Waals surface area contributed by atoms with E-state index in [0.29, 0.717) is 22.8 Å². The van der Waals surface area contributed by atoms with Gasteiger partial charge in [-0.3, -0.25) is 9.98 Å². The van der Waals surface area contributed by atoms with Crippen molar-refractivity contribution < 1.29 is 33.3 Å². The van der Waals surface area contributed by atoms with Crippen LogP contribution in [-0.2, 0) is 48.5 Å². The van der Waals surface area contributed by atoms with Crippen LogP contribution in [0.25, 0.3) is 27.6 Å². The van der Waals surface area contributed by atoms with Crippen LogP contribution in [0.3, 0.4) is 0 Å². The minimum atomic E-state index is -1.80. The van der Waals surface area contributed by atoms with E-state index in [4.69, 9.17) is 24.4 Å². The number of hydrogen-bond donors (Lipinski definition) is 0. The minimum absolute atomic E-state index is 0. The van der Waals surface area contributed by atoms with Crippen LogP contribution >= 0.6 is 0 Å². The molecule has 3 aliphatic rings. The number of benzene rings is 3. The summed E-state index contributed by atoms with van der Waals surface area (Å²) >= 11 is 0. The van der Waals surface area contributed by atoms with Gasteiger partial charge in [0.05, 0.1) is 5.52 Å². The molecular formula is C47H48N4O2Pt. The van der Waals surface area contributed by atoms with Crippen LogP contribution in [0.2, 0.25) is 0 Å². The van der Waals surface area contributed by atoms with E-state index in [1.807, 2.05) is 58.2 Å². The number of ether oxygens (including phenoxy) is 2. The summed E-state index contributed by atoms with van der Waals surface area (Å²) in [5.41, 5.74) is 9.71. The molecule has 0 saturated carbocycles. The standard InChI is InChI=1S/C47H48N4O2.Pt/c1-25(2)37-21-30(22-38(49-37)43-50-47(12)34-16-15-26(3)28(5)33(34)24-46(47,11)53-43)52-40-23-39-35(18-27(40)4)45(9,10)36-20-29(44(6,7)8)19-32-31-14-13-17-48-42(31)51(39)41(32)36;/h13-21,25H,24H2,1-12H3;/q-2;+2/t46-,47+;/m0./s1/i24D2;. The SMILES string of the molecule is [2H]C1([2H])c2c(ccc(C)c2C)[C@@]2(C)N=C(c3[c-]c(Oc4[c-]c5c(cc4C)C(C)(C)c4cc(C(C)(C)C)cc6c7cccnc7n-5c46)cc(C(C)C)n3)O[C@@]12C.[Pt+2]. The predicted octanol–water partition coefficient (Wildman–Crippen LogP) is 11.0. The smallest absolute Gasteiger partial charge is 0.524 e. The van der Waals surface area contributed by atoms with E-state index < -0.39 is 17.5 Å². The molecule has 6 nitrogen and oxygen atoms in total. The van der Waals surface area contributed by atoms with Gasteiger partial charge in [0.25, 0.3) is 0 Å². The number of nitrogens with zero attached hydrogens (tertiary/aromatic N) is 4. The average Bonchev–Trinajstić information content (AvgIpc) is 3.64. The van der Waals surface area contributed by atoms with Crippen molar-refractivity contribution in [2.75, 3.05) is 0 Å². The second-order valence-corrected chi connectivity index (χ2v) is 17.5. The Morgan fingerprint density at radius 3 is 2.41 bits per heavy atom. The van der Waals surface area contributed by atoms with Crippen molar-refractivity contribution >= 4 is 27.8 Å². The number of aliphatic imine (C=N–C) groups is 1. The number of fused-ring (bicyclic) bond motifs is 8. The van der Waals surface area contributed by atoms with Crippen LogP contribution in [0.5, 0.6) is 11.5 Å². The Kier molecular flexibility index (Phi) is 7.52. The van der Waals surface area contributed by atoms with E-state index in [-0.39, 0.29) is 43.7 Å². The molecule has 0 saturated heterocycles. The summed E-state index contributed by atoms with van der Waals surface area (Å²) in [5.74, 6) is 1.37. The van der Waals surface area contributed by atoms with Crippen LogP contribution in [-0.4, -0.2) is 26.0 Å². The van der Waals surface area contributed by atoms with E-state index in [9.17, 15) is 2.74 Å². The molecule has 278 valence electrons. The van der Waals surface area contributed by atoms with E-state index >= 15 is 0 Å². The zero-order valence-electron chi connectivity index (χ0n) is 35.2. The molecule has 5 heterocycles. The van der Waals surface area contributed by atoms with Crippen molar-refractivity contribution in [1.82, 2.24) is 14.5 Å². The van der Waals surface area contributed by atoms with Gasteiger partial charge in [-0.05, 0) is 102 Å². The summed E-state index contributed by atoms with van der Waals surface area (Å²) in [7, 11) is 0. The van der Waals surface area contributed by atoms with Crippen molar-refractivity contribution in [1.29, 1.82) is 0 Å². The second kappa shape index (κ2) is 11.9. The first-order valence-electron chi connectivity index (χ1n) is 19.7. The number of aryl methyl sites for hydroxylation is 2. The van der Waals surface area contributed by atoms with E-state index in [2.05, 4.69) is 96.4 Å². The quantitative estimate of drug-likeness (QED) is 0.165. The molecule has 0 unspecified atom stereocenters. The van der Waals surface area contributed by atoms with Gasteiger partial charge in [0, 0.05) is 43.3 Å². The fraction of sp³-hybridized carbons (Fsp3) is 0.383. The number of pyridine rings is 2. The summed E-state index contributed by atoms with van der Waals surface area (Å²) in [6.07, 6.45) is 0.0579. The molecule has 6 aromatic rings. The van der Waals surface area contributed by atoms with Crippen LogP contribution in [0, 0.1) is 32.9 Å². The molecule has 0 spiro atoms. The van der Waals surface area contributed by atoms with E-state index in [1.165, 1.54) is 16.5 Å². The fourth-order valence-electron chi connectivity index (χ4n) is 8.48. The number of hydrogen-bond acceptors (Lipinski definition) is 5.